The Balaban J connectivity index is 1.46. The van der Waals surface area contributed by atoms with Gasteiger partial charge in [0.25, 0.3) is 5.91 Å². The van der Waals surface area contributed by atoms with Gasteiger partial charge in [0.1, 0.15) is 6.10 Å². The predicted molar refractivity (Wildman–Crippen MR) is 77.4 cm³/mol. The summed E-state index contributed by atoms with van der Waals surface area (Å²) in [6, 6.07) is 0.775. The number of hydrogen-bond donors (Lipinski definition) is 1. The molecule has 3 rings (SSSR count). The highest BCUT2D eigenvalue weighted by molar-refractivity contribution is 5.81. The topological polar surface area (TPSA) is 58.8 Å². The van der Waals surface area contributed by atoms with Crippen LogP contribution in [0.5, 0.6) is 0 Å². The monoisotopic (exact) mass is 281 g/mol. The van der Waals surface area contributed by atoms with Crippen molar-refractivity contribution in [2.45, 2.75) is 56.8 Å². The van der Waals surface area contributed by atoms with Gasteiger partial charge in [-0.15, -0.1) is 0 Å². The van der Waals surface area contributed by atoms with Gasteiger partial charge in [-0.2, -0.15) is 0 Å². The summed E-state index contributed by atoms with van der Waals surface area (Å²) >= 11 is 0. The lowest BCUT2D eigenvalue weighted by atomic mass is 10.1. The highest BCUT2D eigenvalue weighted by Gasteiger charge is 2.35. The molecule has 0 spiro atoms. The van der Waals surface area contributed by atoms with Gasteiger partial charge in [0.05, 0.1) is 6.10 Å². The Bertz CT molecular complexity index is 336. The van der Waals surface area contributed by atoms with Gasteiger partial charge in [-0.05, 0) is 25.7 Å². The van der Waals surface area contributed by atoms with Crippen LogP contribution in [0.4, 0.5) is 0 Å². The molecule has 5 nitrogen and oxygen atoms in total. The first-order valence-electron chi connectivity index (χ1n) is 8.16. The third kappa shape index (κ3) is 3.00. The molecule has 2 heterocycles. The normalized spacial score (nSPS) is 33.0. The van der Waals surface area contributed by atoms with Crippen molar-refractivity contribution in [3.63, 3.8) is 0 Å². The summed E-state index contributed by atoms with van der Waals surface area (Å²) in [5.74, 6) is 0.187. The van der Waals surface area contributed by atoms with Crippen LogP contribution in [0.3, 0.4) is 0 Å². The molecule has 0 radical (unpaired) electrons. The minimum atomic E-state index is -0.235. The van der Waals surface area contributed by atoms with Crippen LogP contribution in [0.25, 0.3) is 0 Å². The average Bonchev–Trinajstić information content (AvgIpc) is 3.18. The zero-order chi connectivity index (χ0) is 13.9. The number of amides is 1. The Kier molecular flexibility index (Phi) is 4.58. The lowest BCUT2D eigenvalue weighted by molar-refractivity contribution is -0.144. The molecule has 20 heavy (non-hydrogen) atoms. The second-order valence-corrected chi connectivity index (χ2v) is 6.36. The van der Waals surface area contributed by atoms with Crippen molar-refractivity contribution >= 4 is 5.91 Å². The van der Waals surface area contributed by atoms with E-state index >= 15 is 0 Å². The van der Waals surface area contributed by atoms with Crippen molar-refractivity contribution in [2.24, 2.45) is 5.73 Å². The largest absolute Gasteiger partial charge is 0.364 e. The second kappa shape index (κ2) is 6.41. The predicted octanol–water partition coefficient (Wildman–Crippen LogP) is 0.580. The Hall–Kier alpha value is -0.650. The molecular weight excluding hydrogens is 254 g/mol. The van der Waals surface area contributed by atoms with E-state index in [1.807, 2.05) is 4.90 Å². The average molecular weight is 281 g/mol. The van der Waals surface area contributed by atoms with Crippen LogP contribution in [0.15, 0.2) is 0 Å². The maximum atomic E-state index is 12.4. The quantitative estimate of drug-likeness (QED) is 0.822. The first-order valence-corrected chi connectivity index (χ1v) is 8.16. The van der Waals surface area contributed by atoms with Crippen LogP contribution in [0, 0.1) is 0 Å². The third-order valence-electron chi connectivity index (χ3n) is 5.11. The van der Waals surface area contributed by atoms with E-state index in [1.165, 1.54) is 25.7 Å². The minimum absolute atomic E-state index is 0.0868. The molecule has 3 aliphatic rings. The van der Waals surface area contributed by atoms with Crippen molar-refractivity contribution in [3.05, 3.63) is 0 Å². The van der Waals surface area contributed by atoms with Crippen molar-refractivity contribution in [2.75, 3.05) is 32.7 Å². The van der Waals surface area contributed by atoms with Crippen molar-refractivity contribution < 1.29 is 9.53 Å². The van der Waals surface area contributed by atoms with Crippen molar-refractivity contribution in [1.82, 2.24) is 9.80 Å². The molecule has 0 aromatic rings. The molecule has 114 valence electrons. The Morgan fingerprint density at radius 2 is 1.75 bits per heavy atom. The Morgan fingerprint density at radius 3 is 2.35 bits per heavy atom. The van der Waals surface area contributed by atoms with Gasteiger partial charge in [-0.25, -0.2) is 0 Å². The molecule has 2 atom stereocenters. The maximum absolute atomic E-state index is 12.4. The summed E-state index contributed by atoms with van der Waals surface area (Å²) in [6.07, 6.45) is 7.06. The Labute approximate surface area is 121 Å². The van der Waals surface area contributed by atoms with E-state index in [2.05, 4.69) is 4.90 Å². The molecule has 2 N–H and O–H groups in total. The van der Waals surface area contributed by atoms with Crippen LogP contribution < -0.4 is 5.73 Å². The molecule has 3 fully saturated rings. The number of piperazine rings is 1. The summed E-state index contributed by atoms with van der Waals surface area (Å²) in [7, 11) is 0. The molecule has 1 amide bonds. The van der Waals surface area contributed by atoms with Crippen LogP contribution in [0.2, 0.25) is 0 Å². The van der Waals surface area contributed by atoms with Crippen LogP contribution >= 0.6 is 0 Å². The summed E-state index contributed by atoms with van der Waals surface area (Å²) in [4.78, 5) is 17.0. The zero-order valence-electron chi connectivity index (χ0n) is 12.3. The number of ether oxygens (including phenoxy) is 1. The summed E-state index contributed by atoms with van der Waals surface area (Å²) in [6.45, 7) is 4.32. The molecule has 5 heteroatoms. The standard InChI is InChI=1S/C15H27N3O2/c16-11-13-5-6-14(20-13)15(19)18-9-7-17(8-10-18)12-3-1-2-4-12/h12-14H,1-11,16H2/t13-,14+/m1/s1. The molecule has 0 aromatic heterocycles. The van der Waals surface area contributed by atoms with Crippen LogP contribution in [-0.2, 0) is 9.53 Å². The molecule has 2 saturated heterocycles. The van der Waals surface area contributed by atoms with Gasteiger partial charge in [0.15, 0.2) is 0 Å². The number of rotatable bonds is 3. The van der Waals surface area contributed by atoms with Crippen molar-refractivity contribution in [3.8, 4) is 0 Å². The first-order chi connectivity index (χ1) is 9.78. The van der Waals surface area contributed by atoms with Gasteiger partial charge in [-0.3, -0.25) is 9.69 Å². The van der Waals surface area contributed by atoms with Crippen LogP contribution in [-0.4, -0.2) is 66.7 Å². The first kappa shape index (κ1) is 14.3. The second-order valence-electron chi connectivity index (χ2n) is 6.36. The number of carbonyl (C=O) groups excluding carboxylic acids is 1. The highest BCUT2D eigenvalue weighted by atomic mass is 16.5. The van der Waals surface area contributed by atoms with Crippen molar-refractivity contribution in [1.29, 1.82) is 0 Å². The maximum Gasteiger partial charge on any atom is 0.251 e. The Morgan fingerprint density at radius 1 is 1.05 bits per heavy atom. The third-order valence-corrected chi connectivity index (χ3v) is 5.11. The number of nitrogens with two attached hydrogens (primary N) is 1. The number of carbonyl (C=O) groups is 1. The molecule has 1 saturated carbocycles. The lowest BCUT2D eigenvalue weighted by Gasteiger charge is -2.38. The van der Waals surface area contributed by atoms with E-state index in [0.29, 0.717) is 6.54 Å². The van der Waals surface area contributed by atoms with Gasteiger partial charge in [0.2, 0.25) is 0 Å². The summed E-state index contributed by atoms with van der Waals surface area (Å²) < 4.78 is 5.72. The van der Waals surface area contributed by atoms with Gasteiger partial charge >= 0.3 is 0 Å². The minimum Gasteiger partial charge on any atom is -0.364 e. The van der Waals surface area contributed by atoms with Gasteiger partial charge in [-0.1, -0.05) is 12.8 Å². The summed E-state index contributed by atoms with van der Waals surface area (Å²) in [5, 5.41) is 0. The smallest absolute Gasteiger partial charge is 0.251 e. The van der Waals surface area contributed by atoms with E-state index in [9.17, 15) is 4.79 Å². The molecule has 0 unspecified atom stereocenters. The van der Waals surface area contributed by atoms with E-state index < -0.39 is 0 Å². The SMILES string of the molecule is NC[C@H]1CC[C@@H](C(=O)N2CCN(C3CCCC3)CC2)O1. The van der Waals surface area contributed by atoms with Gasteiger partial charge < -0.3 is 15.4 Å². The molecule has 2 aliphatic heterocycles. The van der Waals surface area contributed by atoms with E-state index in [4.69, 9.17) is 10.5 Å². The van der Waals surface area contributed by atoms with E-state index in [0.717, 1.165) is 45.1 Å². The zero-order valence-corrected chi connectivity index (χ0v) is 12.3. The fourth-order valence-corrected chi connectivity index (χ4v) is 3.84. The highest BCUT2D eigenvalue weighted by Crippen LogP contribution is 2.25. The fourth-order valence-electron chi connectivity index (χ4n) is 3.84. The van der Waals surface area contributed by atoms with E-state index in [1.54, 1.807) is 0 Å². The number of nitrogens with zero attached hydrogens (tertiary/aromatic N) is 2. The molecule has 0 aromatic carbocycles. The number of hydrogen-bond acceptors (Lipinski definition) is 4. The molecule has 0 bridgehead atoms. The fraction of sp³-hybridized carbons (Fsp3) is 0.933. The lowest BCUT2D eigenvalue weighted by Crippen LogP contribution is -2.53. The van der Waals surface area contributed by atoms with Crippen LogP contribution in [0.1, 0.15) is 38.5 Å². The van der Waals surface area contributed by atoms with Gasteiger partial charge in [0, 0.05) is 38.8 Å². The van der Waals surface area contributed by atoms with E-state index in [-0.39, 0.29) is 18.1 Å². The molecule has 1 aliphatic carbocycles. The summed E-state index contributed by atoms with van der Waals surface area (Å²) in [5.41, 5.74) is 5.61. The molecular formula is C15H27N3O2.